The number of methoxy groups -OCH3 is 1. The van der Waals surface area contributed by atoms with Gasteiger partial charge in [0.05, 0.1) is 7.11 Å². The summed E-state index contributed by atoms with van der Waals surface area (Å²) in [6.07, 6.45) is 35.0. The molecule has 0 aliphatic rings. The van der Waals surface area contributed by atoms with Crippen LogP contribution in [-0.2, 0) is 9.53 Å². The third-order valence-electron chi connectivity index (χ3n) is 4.14. The summed E-state index contributed by atoms with van der Waals surface area (Å²) in [7, 11) is 1.45. The Morgan fingerprint density at radius 2 is 1.07 bits per heavy atom. The van der Waals surface area contributed by atoms with Crippen LogP contribution < -0.4 is 0 Å². The van der Waals surface area contributed by atoms with Gasteiger partial charge < -0.3 is 4.74 Å². The first-order valence-corrected chi connectivity index (χ1v) is 10.6. The molecule has 0 saturated carbocycles. The summed E-state index contributed by atoms with van der Waals surface area (Å²) < 4.78 is 4.63. The van der Waals surface area contributed by atoms with E-state index in [0.717, 1.165) is 51.4 Å². The molecule has 27 heavy (non-hydrogen) atoms. The second-order valence-corrected chi connectivity index (χ2v) is 6.59. The maximum absolute atomic E-state index is 11.0. The first kappa shape index (κ1) is 25.2. The van der Waals surface area contributed by atoms with Gasteiger partial charge in [-0.05, 0) is 51.4 Å². The number of hydrogen-bond acceptors (Lipinski definition) is 2. The summed E-state index contributed by atoms with van der Waals surface area (Å²) in [6, 6.07) is 0. The van der Waals surface area contributed by atoms with E-state index in [4.69, 9.17) is 0 Å². The van der Waals surface area contributed by atoms with Crippen LogP contribution in [0.25, 0.3) is 0 Å². The van der Waals surface area contributed by atoms with Gasteiger partial charge in [0.15, 0.2) is 0 Å². The van der Waals surface area contributed by atoms with Crippen molar-refractivity contribution in [3.8, 4) is 0 Å². The molecule has 0 aliphatic carbocycles. The Morgan fingerprint density at radius 1 is 0.630 bits per heavy atom. The summed E-state index contributed by atoms with van der Waals surface area (Å²) in [5.74, 6) is -0.0891. The van der Waals surface area contributed by atoms with Crippen LogP contribution in [-0.4, -0.2) is 13.1 Å². The third kappa shape index (κ3) is 22.1. The zero-order valence-electron chi connectivity index (χ0n) is 17.6. The largest absolute Gasteiger partial charge is 0.469 e. The summed E-state index contributed by atoms with van der Waals surface area (Å²) in [6.45, 7) is 2.16. The number of unbranched alkanes of at least 4 members (excludes halogenated alkanes) is 5. The minimum absolute atomic E-state index is 0.0891. The van der Waals surface area contributed by atoms with Crippen LogP contribution in [0.2, 0.25) is 0 Å². The van der Waals surface area contributed by atoms with E-state index in [0.29, 0.717) is 6.42 Å². The molecule has 0 aromatic rings. The Kier molecular flexibility index (Phi) is 20.7. The normalized spacial score (nSPS) is 12.5. The SMILES string of the molecule is CCC=CCC=CCC=CCC=CCC=CCCCCCCCC(=O)OC. The van der Waals surface area contributed by atoms with Gasteiger partial charge in [-0.1, -0.05) is 86.9 Å². The van der Waals surface area contributed by atoms with E-state index >= 15 is 0 Å². The van der Waals surface area contributed by atoms with Crippen molar-refractivity contribution in [1.29, 1.82) is 0 Å². The molecular formula is C25H40O2. The fraction of sp³-hybridized carbons (Fsp3) is 0.560. The van der Waals surface area contributed by atoms with Crippen molar-refractivity contribution in [3.05, 3.63) is 60.8 Å². The first-order chi connectivity index (χ1) is 13.3. The van der Waals surface area contributed by atoms with Crippen LogP contribution in [0.5, 0.6) is 0 Å². The number of esters is 1. The summed E-state index contributed by atoms with van der Waals surface area (Å²) >= 11 is 0. The van der Waals surface area contributed by atoms with Crippen molar-refractivity contribution < 1.29 is 9.53 Å². The molecule has 0 aromatic heterocycles. The molecule has 0 rings (SSSR count). The molecule has 0 aliphatic heterocycles. The quantitative estimate of drug-likeness (QED) is 0.149. The van der Waals surface area contributed by atoms with Crippen LogP contribution in [0.1, 0.15) is 84.0 Å². The van der Waals surface area contributed by atoms with Gasteiger partial charge in [-0.15, -0.1) is 0 Å². The number of carbonyl (C=O) groups is 1. The lowest BCUT2D eigenvalue weighted by Crippen LogP contribution is -1.98. The molecule has 0 bridgehead atoms. The van der Waals surface area contributed by atoms with Gasteiger partial charge in [0.2, 0.25) is 0 Å². The Labute approximate surface area is 167 Å². The monoisotopic (exact) mass is 372 g/mol. The number of ether oxygens (including phenoxy) is 1. The molecule has 0 heterocycles. The lowest BCUT2D eigenvalue weighted by Gasteiger charge is -1.99. The van der Waals surface area contributed by atoms with Gasteiger partial charge in [0.25, 0.3) is 0 Å². The highest BCUT2D eigenvalue weighted by atomic mass is 16.5. The average molecular weight is 373 g/mol. The second kappa shape index (κ2) is 22.2. The van der Waals surface area contributed by atoms with Gasteiger partial charge in [0, 0.05) is 6.42 Å². The van der Waals surface area contributed by atoms with Crippen LogP contribution in [0.4, 0.5) is 0 Å². The molecule has 0 saturated heterocycles. The van der Waals surface area contributed by atoms with Crippen LogP contribution in [0.3, 0.4) is 0 Å². The van der Waals surface area contributed by atoms with Crippen molar-refractivity contribution in [2.75, 3.05) is 7.11 Å². The second-order valence-electron chi connectivity index (χ2n) is 6.59. The highest BCUT2D eigenvalue weighted by molar-refractivity contribution is 5.68. The molecule has 0 aromatic carbocycles. The highest BCUT2D eigenvalue weighted by Gasteiger charge is 1.98. The van der Waals surface area contributed by atoms with E-state index in [1.54, 1.807) is 0 Å². The topological polar surface area (TPSA) is 26.3 Å². The first-order valence-electron chi connectivity index (χ1n) is 10.6. The number of carbonyl (C=O) groups excluding carboxylic acids is 1. The van der Waals surface area contributed by atoms with E-state index < -0.39 is 0 Å². The Hall–Kier alpha value is -1.83. The molecule has 2 heteroatoms. The van der Waals surface area contributed by atoms with E-state index in [-0.39, 0.29) is 5.97 Å². The Morgan fingerprint density at radius 3 is 1.59 bits per heavy atom. The van der Waals surface area contributed by atoms with Crippen LogP contribution >= 0.6 is 0 Å². The molecule has 0 atom stereocenters. The zero-order chi connectivity index (χ0) is 19.8. The number of rotatable bonds is 17. The number of allylic oxidation sites excluding steroid dienone is 10. The molecular weight excluding hydrogens is 332 g/mol. The van der Waals surface area contributed by atoms with Gasteiger partial charge >= 0.3 is 5.97 Å². The summed E-state index contributed by atoms with van der Waals surface area (Å²) in [4.78, 5) is 11.0. The van der Waals surface area contributed by atoms with Crippen molar-refractivity contribution in [3.63, 3.8) is 0 Å². The molecule has 0 amide bonds. The maximum Gasteiger partial charge on any atom is 0.305 e. The van der Waals surface area contributed by atoms with Gasteiger partial charge in [-0.2, -0.15) is 0 Å². The average Bonchev–Trinajstić information content (AvgIpc) is 2.68. The summed E-state index contributed by atoms with van der Waals surface area (Å²) in [5, 5.41) is 0. The fourth-order valence-corrected chi connectivity index (χ4v) is 2.53. The smallest absolute Gasteiger partial charge is 0.305 e. The fourth-order valence-electron chi connectivity index (χ4n) is 2.53. The lowest BCUT2D eigenvalue weighted by atomic mass is 10.1. The molecule has 0 radical (unpaired) electrons. The Bertz CT molecular complexity index is 467. The minimum atomic E-state index is -0.0891. The van der Waals surface area contributed by atoms with Crippen molar-refractivity contribution in [2.45, 2.75) is 84.0 Å². The van der Waals surface area contributed by atoms with E-state index in [2.05, 4.69) is 72.4 Å². The predicted octanol–water partition coefficient (Wildman–Crippen LogP) is 7.64. The summed E-state index contributed by atoms with van der Waals surface area (Å²) in [5.41, 5.74) is 0. The standard InChI is InChI=1S/C25H40O2/c1-3-4-5-6-7-8-9-10-11-12-13-14-15-16-17-18-19-20-21-22-23-24-25(26)27-2/h4-5,7-8,10-11,13-14,16-17H,3,6,9,12,15,18-24H2,1-2H3. The van der Waals surface area contributed by atoms with E-state index in [1.165, 1.54) is 26.4 Å². The zero-order valence-corrected chi connectivity index (χ0v) is 17.6. The molecule has 0 unspecified atom stereocenters. The predicted molar refractivity (Wildman–Crippen MR) is 119 cm³/mol. The van der Waals surface area contributed by atoms with E-state index in [9.17, 15) is 4.79 Å². The number of hydrogen-bond donors (Lipinski definition) is 0. The van der Waals surface area contributed by atoms with Crippen LogP contribution in [0, 0.1) is 0 Å². The van der Waals surface area contributed by atoms with Gasteiger partial charge in [-0.3, -0.25) is 4.79 Å². The maximum atomic E-state index is 11.0. The molecule has 2 nitrogen and oxygen atoms in total. The molecule has 0 N–H and O–H groups in total. The van der Waals surface area contributed by atoms with Gasteiger partial charge in [-0.25, -0.2) is 0 Å². The third-order valence-corrected chi connectivity index (χ3v) is 4.14. The highest BCUT2D eigenvalue weighted by Crippen LogP contribution is 2.08. The molecule has 0 fully saturated rings. The van der Waals surface area contributed by atoms with Crippen LogP contribution in [0.15, 0.2) is 60.8 Å². The van der Waals surface area contributed by atoms with Crippen molar-refractivity contribution in [2.24, 2.45) is 0 Å². The van der Waals surface area contributed by atoms with Crippen molar-refractivity contribution >= 4 is 5.97 Å². The Balaban J connectivity index is 3.39. The lowest BCUT2D eigenvalue weighted by molar-refractivity contribution is -0.140. The van der Waals surface area contributed by atoms with Crippen molar-refractivity contribution in [1.82, 2.24) is 0 Å². The minimum Gasteiger partial charge on any atom is -0.469 e. The molecule has 152 valence electrons. The van der Waals surface area contributed by atoms with Gasteiger partial charge in [0.1, 0.15) is 0 Å². The van der Waals surface area contributed by atoms with E-state index in [1.807, 2.05) is 0 Å². The molecule has 0 spiro atoms.